The van der Waals surface area contributed by atoms with Crippen LogP contribution in [0.25, 0.3) is 10.9 Å². The number of sulfonamides is 1. The number of para-hydroxylation sites is 1. The normalized spacial score (nSPS) is 20.0. The number of ether oxygens (including phenoxy) is 2. The van der Waals surface area contributed by atoms with Gasteiger partial charge in [-0.05, 0) is 56.0 Å². The van der Waals surface area contributed by atoms with E-state index in [-0.39, 0.29) is 16.8 Å². The van der Waals surface area contributed by atoms with Crippen LogP contribution < -0.4 is 14.8 Å². The first kappa shape index (κ1) is 25.4. The fraction of sp³-hybridized carbons (Fsp3) is 0.407. The van der Waals surface area contributed by atoms with Crippen LogP contribution in [0.2, 0.25) is 0 Å². The van der Waals surface area contributed by atoms with Crippen LogP contribution in [0.5, 0.6) is 11.5 Å². The van der Waals surface area contributed by atoms with Gasteiger partial charge >= 0.3 is 0 Å². The zero-order valence-corrected chi connectivity index (χ0v) is 22.1. The third kappa shape index (κ3) is 4.54. The van der Waals surface area contributed by atoms with E-state index in [4.69, 9.17) is 9.47 Å². The van der Waals surface area contributed by atoms with Crippen molar-refractivity contribution in [1.82, 2.24) is 19.5 Å². The molecule has 2 aliphatic heterocycles. The van der Waals surface area contributed by atoms with Gasteiger partial charge in [-0.2, -0.15) is 4.31 Å². The molecule has 2 saturated heterocycles. The second-order valence-corrected chi connectivity index (χ2v) is 11.5. The second-order valence-electron chi connectivity index (χ2n) is 9.56. The van der Waals surface area contributed by atoms with Crippen LogP contribution in [-0.2, 0) is 21.2 Å². The number of carbonyl (C=O) groups excluding carboxylic acids is 1. The molecule has 1 spiro atoms. The maximum atomic E-state index is 13.6. The number of methoxy groups -OCH3 is 2. The van der Waals surface area contributed by atoms with Crippen molar-refractivity contribution in [2.24, 2.45) is 0 Å². The summed E-state index contributed by atoms with van der Waals surface area (Å²) < 4.78 is 39.5. The summed E-state index contributed by atoms with van der Waals surface area (Å²) in [6.45, 7) is 3.01. The quantitative estimate of drug-likeness (QED) is 0.507. The number of fused-ring (bicyclic) bond motifs is 1. The number of nitrogens with zero attached hydrogens (tertiary/aromatic N) is 3. The molecule has 10 heteroatoms. The van der Waals surface area contributed by atoms with Crippen molar-refractivity contribution in [3.8, 4) is 11.5 Å². The molecule has 0 radical (unpaired) electrons. The Hall–Kier alpha value is -3.21. The van der Waals surface area contributed by atoms with Crippen molar-refractivity contribution in [3.63, 3.8) is 0 Å². The molecule has 196 valence electrons. The predicted molar refractivity (Wildman–Crippen MR) is 140 cm³/mol. The molecule has 3 heterocycles. The minimum absolute atomic E-state index is 0.0371. The number of benzene rings is 2. The number of piperidine rings is 1. The predicted octanol–water partition coefficient (Wildman–Crippen LogP) is 2.80. The van der Waals surface area contributed by atoms with E-state index >= 15 is 0 Å². The van der Waals surface area contributed by atoms with E-state index in [1.807, 2.05) is 42.2 Å². The van der Waals surface area contributed by atoms with Crippen molar-refractivity contribution < 1.29 is 22.7 Å². The van der Waals surface area contributed by atoms with Crippen molar-refractivity contribution in [2.75, 3.05) is 33.9 Å². The Morgan fingerprint density at radius 2 is 1.78 bits per heavy atom. The summed E-state index contributed by atoms with van der Waals surface area (Å²) in [7, 11) is -0.538. The molecule has 0 saturated carbocycles. The topological polar surface area (TPSA) is 101 Å². The number of amides is 1. The van der Waals surface area contributed by atoms with Crippen LogP contribution in [0.4, 0.5) is 0 Å². The molecule has 2 aromatic carbocycles. The molecular formula is C27H32N4O5S. The van der Waals surface area contributed by atoms with E-state index < -0.39 is 15.7 Å². The smallest absolute Gasteiger partial charge is 0.245 e. The molecule has 37 heavy (non-hydrogen) atoms. The highest BCUT2D eigenvalue weighted by atomic mass is 32.2. The number of carbonyl (C=O) groups is 1. The van der Waals surface area contributed by atoms with Crippen molar-refractivity contribution in [2.45, 2.75) is 42.8 Å². The van der Waals surface area contributed by atoms with Gasteiger partial charge in [-0.15, -0.1) is 0 Å². The van der Waals surface area contributed by atoms with Gasteiger partial charge in [-0.3, -0.25) is 15.1 Å². The largest absolute Gasteiger partial charge is 0.493 e. The highest BCUT2D eigenvalue weighted by molar-refractivity contribution is 7.89. The van der Waals surface area contributed by atoms with Gasteiger partial charge in [0.25, 0.3) is 0 Å². The lowest BCUT2D eigenvalue weighted by molar-refractivity contribution is -0.132. The SMILES string of the molecule is COc1ccc(CCN2C(=O)[C@@H](C)NC23CCN(S(=O)(=O)c2cccc4cccnc24)CC3)cc1OC. The number of pyridine rings is 1. The number of nitrogens with one attached hydrogen (secondary N) is 1. The van der Waals surface area contributed by atoms with E-state index in [0.717, 1.165) is 10.9 Å². The Bertz CT molecular complexity index is 1410. The van der Waals surface area contributed by atoms with Gasteiger partial charge in [-0.1, -0.05) is 24.3 Å². The highest BCUT2D eigenvalue weighted by Gasteiger charge is 2.51. The van der Waals surface area contributed by atoms with Gasteiger partial charge in [0.2, 0.25) is 15.9 Å². The molecule has 3 aromatic rings. The number of rotatable bonds is 7. The fourth-order valence-electron chi connectivity index (χ4n) is 5.52. The van der Waals surface area contributed by atoms with E-state index in [2.05, 4.69) is 10.3 Å². The van der Waals surface area contributed by atoms with E-state index in [0.29, 0.717) is 55.9 Å². The summed E-state index contributed by atoms with van der Waals surface area (Å²) >= 11 is 0. The standard InChI is InChI=1S/C27H32N4O5S/c1-19-26(32)31(15-11-20-9-10-22(35-2)23(18-20)36-3)27(29-19)12-16-30(17-13-27)37(33,34)24-8-4-6-21-7-5-14-28-25(21)24/h4-10,14,18-19,29H,11-13,15-17H2,1-3H3/t19-/m1/s1. The average molecular weight is 525 g/mol. The molecule has 0 bridgehead atoms. The van der Waals surface area contributed by atoms with Gasteiger partial charge in [0.1, 0.15) is 4.90 Å². The van der Waals surface area contributed by atoms with Crippen LogP contribution in [0.3, 0.4) is 0 Å². The van der Waals surface area contributed by atoms with E-state index in [1.54, 1.807) is 38.6 Å². The third-order valence-corrected chi connectivity index (χ3v) is 9.40. The van der Waals surface area contributed by atoms with Crippen LogP contribution in [0.1, 0.15) is 25.3 Å². The van der Waals surface area contributed by atoms with Crippen LogP contribution in [0.15, 0.2) is 59.6 Å². The van der Waals surface area contributed by atoms with Crippen LogP contribution in [0, 0.1) is 0 Å². The van der Waals surface area contributed by atoms with Gasteiger partial charge in [0.15, 0.2) is 11.5 Å². The summed E-state index contributed by atoms with van der Waals surface area (Å²) in [6, 6.07) is 14.3. The Morgan fingerprint density at radius 3 is 2.51 bits per heavy atom. The Labute approximate surface area is 217 Å². The average Bonchev–Trinajstić information content (AvgIpc) is 3.14. The maximum absolute atomic E-state index is 13.6. The maximum Gasteiger partial charge on any atom is 0.245 e. The Kier molecular flexibility index (Phi) is 6.82. The monoisotopic (exact) mass is 524 g/mol. The van der Waals surface area contributed by atoms with Crippen molar-refractivity contribution >= 4 is 26.8 Å². The number of hydrogen-bond donors (Lipinski definition) is 1. The van der Waals surface area contributed by atoms with Gasteiger partial charge in [-0.25, -0.2) is 8.42 Å². The minimum Gasteiger partial charge on any atom is -0.493 e. The van der Waals surface area contributed by atoms with E-state index in [1.165, 1.54) is 4.31 Å². The van der Waals surface area contributed by atoms with Gasteiger partial charge < -0.3 is 14.4 Å². The first-order valence-electron chi connectivity index (χ1n) is 12.4. The van der Waals surface area contributed by atoms with Gasteiger partial charge in [0, 0.05) is 31.2 Å². The van der Waals surface area contributed by atoms with Crippen molar-refractivity contribution in [3.05, 3.63) is 60.3 Å². The summed E-state index contributed by atoms with van der Waals surface area (Å²) in [5, 5.41) is 4.27. The van der Waals surface area contributed by atoms with Crippen molar-refractivity contribution in [1.29, 1.82) is 0 Å². The summed E-state index contributed by atoms with van der Waals surface area (Å²) in [4.78, 5) is 19.6. The molecular weight excluding hydrogens is 492 g/mol. The first-order valence-corrected chi connectivity index (χ1v) is 13.9. The summed E-state index contributed by atoms with van der Waals surface area (Å²) in [6.07, 6.45) is 3.27. The highest BCUT2D eigenvalue weighted by Crippen LogP contribution is 2.36. The molecule has 9 nitrogen and oxygen atoms in total. The lowest BCUT2D eigenvalue weighted by Gasteiger charge is -2.44. The summed E-state index contributed by atoms with van der Waals surface area (Å²) in [5.41, 5.74) is 0.934. The van der Waals surface area contributed by atoms with Gasteiger partial charge in [0.05, 0.1) is 31.4 Å². The van der Waals surface area contributed by atoms with Crippen LogP contribution in [-0.4, -0.2) is 74.1 Å². The van der Waals surface area contributed by atoms with Crippen LogP contribution >= 0.6 is 0 Å². The molecule has 1 aromatic heterocycles. The summed E-state index contributed by atoms with van der Waals surface area (Å²) in [5.74, 6) is 1.34. The molecule has 0 aliphatic carbocycles. The molecule has 5 rings (SSSR count). The van der Waals surface area contributed by atoms with E-state index in [9.17, 15) is 13.2 Å². The molecule has 1 N–H and O–H groups in total. The molecule has 1 atom stereocenters. The lowest BCUT2D eigenvalue weighted by Crippen LogP contribution is -2.59. The molecule has 0 unspecified atom stereocenters. The Balaban J connectivity index is 1.33. The Morgan fingerprint density at radius 1 is 1.05 bits per heavy atom. The third-order valence-electron chi connectivity index (χ3n) is 7.47. The number of hydrogen-bond acceptors (Lipinski definition) is 7. The molecule has 2 aliphatic rings. The molecule has 1 amide bonds. The fourth-order valence-corrected chi connectivity index (χ4v) is 7.13. The molecule has 2 fully saturated rings. The zero-order chi connectivity index (χ0) is 26.2. The second kappa shape index (κ2) is 9.92. The first-order chi connectivity index (χ1) is 17.8. The zero-order valence-electron chi connectivity index (χ0n) is 21.3. The lowest BCUT2D eigenvalue weighted by atomic mass is 9.96. The minimum atomic E-state index is -3.74. The number of aromatic nitrogens is 1.